The first-order chi connectivity index (χ1) is 12.7. The maximum Gasteiger partial charge on any atom is 0.191 e. The molecule has 27 heavy (non-hydrogen) atoms. The van der Waals surface area contributed by atoms with E-state index < -0.39 is 0 Å². The van der Waals surface area contributed by atoms with Crippen molar-refractivity contribution in [1.29, 1.82) is 0 Å². The van der Waals surface area contributed by atoms with Crippen molar-refractivity contribution in [3.63, 3.8) is 0 Å². The third-order valence-electron chi connectivity index (χ3n) is 3.63. The van der Waals surface area contributed by atoms with Crippen LogP contribution in [0.5, 0.6) is 5.75 Å². The number of nitrogens with one attached hydrogen (secondary N) is 2. The zero-order chi connectivity index (χ0) is 18.6. The number of hydrogen-bond donors (Lipinski definition) is 2. The van der Waals surface area contributed by atoms with E-state index in [1.807, 2.05) is 43.3 Å². The predicted octanol–water partition coefficient (Wildman–Crippen LogP) is 3.72. The van der Waals surface area contributed by atoms with Gasteiger partial charge in [-0.25, -0.2) is 4.39 Å². The first kappa shape index (κ1) is 23.2. The summed E-state index contributed by atoms with van der Waals surface area (Å²) >= 11 is 0. The van der Waals surface area contributed by atoms with Crippen molar-refractivity contribution in [2.75, 3.05) is 26.8 Å². The van der Waals surface area contributed by atoms with Crippen LogP contribution in [-0.2, 0) is 17.9 Å². The standard InChI is InChI=1S/C20H26FN3O2.HI/c1-3-26-19-10-9-17(13-18(19)21)14-24-20(22-2)23-11-12-25-15-16-7-5-4-6-8-16;/h4-10,13H,3,11-12,14-15H2,1-2H3,(H2,22,23,24);1H. The minimum atomic E-state index is -0.358. The molecular formula is C20H27FIN3O2. The van der Waals surface area contributed by atoms with Crippen molar-refractivity contribution in [2.45, 2.75) is 20.1 Å². The lowest BCUT2D eigenvalue weighted by Gasteiger charge is -2.13. The first-order valence-electron chi connectivity index (χ1n) is 8.70. The minimum Gasteiger partial charge on any atom is -0.491 e. The number of nitrogens with zero attached hydrogens (tertiary/aromatic N) is 1. The molecule has 7 heteroatoms. The second-order valence-electron chi connectivity index (χ2n) is 5.59. The third-order valence-corrected chi connectivity index (χ3v) is 3.63. The molecule has 0 saturated carbocycles. The summed E-state index contributed by atoms with van der Waals surface area (Å²) in [7, 11) is 1.69. The molecule has 0 unspecified atom stereocenters. The zero-order valence-corrected chi connectivity index (χ0v) is 18.0. The van der Waals surface area contributed by atoms with Gasteiger partial charge in [0.25, 0.3) is 0 Å². The van der Waals surface area contributed by atoms with Gasteiger partial charge in [-0.05, 0) is 30.2 Å². The molecule has 0 amide bonds. The third kappa shape index (κ3) is 8.57. The Morgan fingerprint density at radius 1 is 1.07 bits per heavy atom. The summed E-state index contributed by atoms with van der Waals surface area (Å²) in [4.78, 5) is 4.15. The molecule has 0 fully saturated rings. The molecule has 2 aromatic rings. The van der Waals surface area contributed by atoms with E-state index in [1.54, 1.807) is 13.1 Å². The molecule has 2 N–H and O–H groups in total. The molecule has 0 bridgehead atoms. The van der Waals surface area contributed by atoms with Gasteiger partial charge in [0.1, 0.15) is 0 Å². The Hall–Kier alpha value is -1.87. The molecule has 0 spiro atoms. The molecule has 5 nitrogen and oxygen atoms in total. The van der Waals surface area contributed by atoms with Gasteiger partial charge in [-0.3, -0.25) is 4.99 Å². The Kier molecular flexibility index (Phi) is 11.4. The summed E-state index contributed by atoms with van der Waals surface area (Å²) in [6.07, 6.45) is 0. The number of rotatable bonds is 9. The number of benzene rings is 2. The average molecular weight is 487 g/mol. The molecule has 0 aliphatic carbocycles. The monoisotopic (exact) mass is 487 g/mol. The van der Waals surface area contributed by atoms with Crippen molar-refractivity contribution >= 4 is 29.9 Å². The summed E-state index contributed by atoms with van der Waals surface area (Å²) in [5.41, 5.74) is 1.96. The number of hydrogen-bond acceptors (Lipinski definition) is 3. The van der Waals surface area contributed by atoms with E-state index in [4.69, 9.17) is 9.47 Å². The molecule has 0 saturated heterocycles. The predicted molar refractivity (Wildman–Crippen MR) is 117 cm³/mol. The summed E-state index contributed by atoms with van der Waals surface area (Å²) in [6, 6.07) is 15.0. The summed E-state index contributed by atoms with van der Waals surface area (Å²) in [5.74, 6) is 0.556. The van der Waals surface area contributed by atoms with Crippen LogP contribution in [-0.4, -0.2) is 32.8 Å². The lowest BCUT2D eigenvalue weighted by Crippen LogP contribution is -2.38. The zero-order valence-electron chi connectivity index (χ0n) is 15.7. The molecule has 2 aromatic carbocycles. The minimum absolute atomic E-state index is 0. The Morgan fingerprint density at radius 3 is 2.52 bits per heavy atom. The topological polar surface area (TPSA) is 54.9 Å². The highest BCUT2D eigenvalue weighted by atomic mass is 127. The van der Waals surface area contributed by atoms with Gasteiger partial charge in [-0.1, -0.05) is 36.4 Å². The van der Waals surface area contributed by atoms with Crippen LogP contribution in [0, 0.1) is 5.82 Å². The van der Waals surface area contributed by atoms with Gasteiger partial charge in [-0.15, -0.1) is 24.0 Å². The summed E-state index contributed by atoms with van der Waals surface area (Å²) < 4.78 is 24.7. The van der Waals surface area contributed by atoms with E-state index >= 15 is 0 Å². The van der Waals surface area contributed by atoms with Crippen LogP contribution in [0.15, 0.2) is 53.5 Å². The lowest BCUT2D eigenvalue weighted by atomic mass is 10.2. The molecule has 2 rings (SSSR count). The largest absolute Gasteiger partial charge is 0.491 e. The van der Waals surface area contributed by atoms with Crippen LogP contribution >= 0.6 is 24.0 Å². The SMILES string of the molecule is CCOc1ccc(CNC(=NC)NCCOCc2ccccc2)cc1F.I. The fourth-order valence-electron chi connectivity index (χ4n) is 2.34. The highest BCUT2D eigenvalue weighted by molar-refractivity contribution is 14.0. The molecule has 0 radical (unpaired) electrons. The van der Waals surface area contributed by atoms with Crippen molar-refractivity contribution in [2.24, 2.45) is 4.99 Å². The van der Waals surface area contributed by atoms with Crippen molar-refractivity contribution in [3.8, 4) is 5.75 Å². The molecule has 0 aliphatic heterocycles. The highest BCUT2D eigenvalue weighted by Gasteiger charge is 2.05. The van der Waals surface area contributed by atoms with E-state index in [2.05, 4.69) is 15.6 Å². The van der Waals surface area contributed by atoms with Crippen molar-refractivity contribution in [3.05, 3.63) is 65.5 Å². The maximum atomic E-state index is 13.9. The van der Waals surface area contributed by atoms with Gasteiger partial charge in [0.2, 0.25) is 0 Å². The Labute approximate surface area is 177 Å². The van der Waals surface area contributed by atoms with Crippen LogP contribution in [0.2, 0.25) is 0 Å². The van der Waals surface area contributed by atoms with Gasteiger partial charge >= 0.3 is 0 Å². The van der Waals surface area contributed by atoms with Crippen molar-refractivity contribution in [1.82, 2.24) is 10.6 Å². The van der Waals surface area contributed by atoms with E-state index in [0.717, 1.165) is 11.1 Å². The maximum absolute atomic E-state index is 13.9. The van der Waals surface area contributed by atoms with Gasteiger partial charge in [0.05, 0.1) is 19.8 Å². The fourth-order valence-corrected chi connectivity index (χ4v) is 2.34. The second kappa shape index (κ2) is 13.3. The van der Waals surface area contributed by atoms with Gasteiger partial charge in [0, 0.05) is 20.1 Å². The van der Waals surface area contributed by atoms with Crippen LogP contribution in [0.25, 0.3) is 0 Å². The number of aliphatic imine (C=N–C) groups is 1. The molecule has 148 valence electrons. The quantitative estimate of drug-likeness (QED) is 0.245. The number of halogens is 2. The smallest absolute Gasteiger partial charge is 0.191 e. The lowest BCUT2D eigenvalue weighted by molar-refractivity contribution is 0.125. The average Bonchev–Trinajstić information content (AvgIpc) is 2.67. The molecule has 0 aromatic heterocycles. The van der Waals surface area contributed by atoms with E-state index in [-0.39, 0.29) is 35.5 Å². The fraction of sp³-hybridized carbons (Fsp3) is 0.350. The Balaban J connectivity index is 0.00000364. The number of guanidine groups is 1. The summed E-state index contributed by atoms with van der Waals surface area (Å²) in [6.45, 7) is 4.51. The van der Waals surface area contributed by atoms with Gasteiger partial charge < -0.3 is 20.1 Å². The van der Waals surface area contributed by atoms with E-state index in [1.165, 1.54) is 6.07 Å². The van der Waals surface area contributed by atoms with Crippen molar-refractivity contribution < 1.29 is 13.9 Å². The van der Waals surface area contributed by atoms with Gasteiger partial charge in [-0.2, -0.15) is 0 Å². The van der Waals surface area contributed by atoms with E-state index in [9.17, 15) is 4.39 Å². The Bertz CT molecular complexity index is 699. The highest BCUT2D eigenvalue weighted by Crippen LogP contribution is 2.18. The first-order valence-corrected chi connectivity index (χ1v) is 8.70. The molecular weight excluding hydrogens is 460 g/mol. The molecule has 0 aliphatic rings. The molecule has 0 heterocycles. The molecule has 0 atom stereocenters. The second-order valence-corrected chi connectivity index (χ2v) is 5.59. The van der Waals surface area contributed by atoms with Gasteiger partial charge in [0.15, 0.2) is 17.5 Å². The van der Waals surface area contributed by atoms with Crippen LogP contribution < -0.4 is 15.4 Å². The number of ether oxygens (including phenoxy) is 2. The van der Waals surface area contributed by atoms with Crippen LogP contribution in [0.4, 0.5) is 4.39 Å². The van der Waals surface area contributed by atoms with E-state index in [0.29, 0.717) is 38.9 Å². The van der Waals surface area contributed by atoms with Crippen LogP contribution in [0.1, 0.15) is 18.1 Å². The summed E-state index contributed by atoms with van der Waals surface area (Å²) in [5, 5.41) is 6.32. The van der Waals surface area contributed by atoms with Crippen LogP contribution in [0.3, 0.4) is 0 Å². The normalized spacial score (nSPS) is 10.9. The Morgan fingerprint density at radius 2 is 1.85 bits per heavy atom.